The monoisotopic (exact) mass is 435 g/mol. The minimum absolute atomic E-state index is 0.0961. The number of anilines is 1. The predicted octanol–water partition coefficient (Wildman–Crippen LogP) is 4.76. The van der Waals surface area contributed by atoms with E-state index in [4.69, 9.17) is 5.10 Å². The summed E-state index contributed by atoms with van der Waals surface area (Å²) in [5.74, 6) is 1.08. The van der Waals surface area contributed by atoms with Crippen LogP contribution in [0.2, 0.25) is 0 Å². The maximum Gasteiger partial charge on any atom is 0.227 e. The molecule has 0 unspecified atom stereocenters. The lowest BCUT2D eigenvalue weighted by atomic mass is 9.73. The van der Waals surface area contributed by atoms with Gasteiger partial charge in [-0.3, -0.25) is 9.78 Å². The van der Waals surface area contributed by atoms with E-state index in [0.29, 0.717) is 28.9 Å². The van der Waals surface area contributed by atoms with Gasteiger partial charge in [0.25, 0.3) is 0 Å². The molecule has 1 N–H and O–H groups in total. The van der Waals surface area contributed by atoms with E-state index in [1.165, 1.54) is 23.9 Å². The number of carbonyl (C=O) groups is 1. The second-order valence-electron chi connectivity index (χ2n) is 8.72. The molecule has 0 spiro atoms. The standard InChI is InChI=1S/C23H22FN5OS/c1-23(2)10-17-19(18(30)11-23)20(15-5-7-16(24)8-6-15)29-21(26-17)27-22(28-29)31-13-14-4-3-9-25-12-14/h3-9,12,20H,10-11,13H2,1-2H3,(H,26,27,28)/t20-/m1/s1. The van der Waals surface area contributed by atoms with Crippen LogP contribution in [0, 0.1) is 11.2 Å². The third-order valence-electron chi connectivity index (χ3n) is 5.59. The van der Waals surface area contributed by atoms with E-state index in [1.54, 1.807) is 23.0 Å². The van der Waals surface area contributed by atoms with Gasteiger partial charge in [-0.15, -0.1) is 5.10 Å². The zero-order valence-corrected chi connectivity index (χ0v) is 18.1. The van der Waals surface area contributed by atoms with Gasteiger partial charge in [-0.2, -0.15) is 4.98 Å². The number of carbonyl (C=O) groups excluding carboxylic acids is 1. The fourth-order valence-electron chi connectivity index (χ4n) is 4.24. The zero-order valence-electron chi connectivity index (χ0n) is 17.3. The number of pyridine rings is 1. The number of hydrogen-bond donors (Lipinski definition) is 1. The van der Waals surface area contributed by atoms with E-state index in [1.807, 2.05) is 18.3 Å². The first-order valence-electron chi connectivity index (χ1n) is 10.2. The quantitative estimate of drug-likeness (QED) is 0.596. The molecular weight excluding hydrogens is 413 g/mol. The smallest absolute Gasteiger partial charge is 0.227 e. The summed E-state index contributed by atoms with van der Waals surface area (Å²) in [6.07, 6.45) is 4.78. The number of halogens is 1. The molecule has 0 saturated carbocycles. The largest absolute Gasteiger partial charge is 0.328 e. The number of allylic oxidation sites excluding steroid dienone is 2. The van der Waals surface area contributed by atoms with Crippen LogP contribution < -0.4 is 5.32 Å². The van der Waals surface area contributed by atoms with Crippen molar-refractivity contribution in [3.8, 4) is 0 Å². The molecule has 1 aliphatic carbocycles. The molecule has 1 atom stereocenters. The van der Waals surface area contributed by atoms with Crippen molar-refractivity contribution in [2.75, 3.05) is 5.32 Å². The number of nitrogens with one attached hydrogen (secondary N) is 1. The minimum Gasteiger partial charge on any atom is -0.328 e. The van der Waals surface area contributed by atoms with E-state index in [9.17, 15) is 9.18 Å². The Morgan fingerprint density at radius 1 is 1.23 bits per heavy atom. The van der Waals surface area contributed by atoms with Crippen molar-refractivity contribution in [1.29, 1.82) is 0 Å². The van der Waals surface area contributed by atoms with Gasteiger partial charge in [0.1, 0.15) is 11.9 Å². The second-order valence-corrected chi connectivity index (χ2v) is 9.67. The summed E-state index contributed by atoms with van der Waals surface area (Å²) < 4.78 is 15.4. The van der Waals surface area contributed by atoms with Crippen LogP contribution in [0.3, 0.4) is 0 Å². The number of Topliss-reactive ketones (excluding diaryl/α,β-unsaturated/α-hetero) is 1. The van der Waals surface area contributed by atoms with Crippen molar-refractivity contribution >= 4 is 23.5 Å². The van der Waals surface area contributed by atoms with E-state index >= 15 is 0 Å². The second kappa shape index (κ2) is 7.60. The number of hydrogen-bond acceptors (Lipinski definition) is 6. The summed E-state index contributed by atoms with van der Waals surface area (Å²) in [6.45, 7) is 4.19. The Balaban J connectivity index is 1.54. The van der Waals surface area contributed by atoms with Gasteiger partial charge in [0, 0.05) is 35.8 Å². The zero-order chi connectivity index (χ0) is 21.6. The maximum atomic E-state index is 13.6. The van der Waals surface area contributed by atoms with Crippen LogP contribution in [-0.4, -0.2) is 25.5 Å². The fraction of sp³-hybridized carbons (Fsp3) is 0.304. The molecule has 8 heteroatoms. The molecule has 2 aromatic heterocycles. The molecule has 0 saturated heterocycles. The summed E-state index contributed by atoms with van der Waals surface area (Å²) in [7, 11) is 0. The number of rotatable bonds is 4. The molecule has 0 radical (unpaired) electrons. The highest BCUT2D eigenvalue weighted by atomic mass is 32.2. The van der Waals surface area contributed by atoms with Gasteiger partial charge < -0.3 is 5.32 Å². The van der Waals surface area contributed by atoms with Crippen molar-refractivity contribution in [1.82, 2.24) is 19.7 Å². The van der Waals surface area contributed by atoms with Gasteiger partial charge in [-0.05, 0) is 41.2 Å². The van der Waals surface area contributed by atoms with E-state index in [-0.39, 0.29) is 17.0 Å². The summed E-state index contributed by atoms with van der Waals surface area (Å²) in [5.41, 5.74) is 3.36. The van der Waals surface area contributed by atoms with Gasteiger partial charge in [0.2, 0.25) is 11.1 Å². The molecule has 31 heavy (non-hydrogen) atoms. The highest BCUT2D eigenvalue weighted by Gasteiger charge is 2.41. The third kappa shape index (κ3) is 3.87. The normalized spacial score (nSPS) is 19.6. The predicted molar refractivity (Wildman–Crippen MR) is 117 cm³/mol. The molecule has 2 aliphatic rings. The number of thioether (sulfide) groups is 1. The molecule has 1 aromatic carbocycles. The van der Waals surface area contributed by atoms with E-state index in [0.717, 1.165) is 23.2 Å². The molecule has 158 valence electrons. The first-order valence-corrected chi connectivity index (χ1v) is 11.2. The Bertz CT molecular complexity index is 1170. The summed E-state index contributed by atoms with van der Waals surface area (Å²) in [5, 5.41) is 8.69. The summed E-state index contributed by atoms with van der Waals surface area (Å²) in [4.78, 5) is 22.0. The van der Waals surface area contributed by atoms with Crippen molar-refractivity contribution in [2.24, 2.45) is 5.41 Å². The summed E-state index contributed by atoms with van der Waals surface area (Å²) in [6, 6.07) is 9.77. The van der Waals surface area contributed by atoms with Gasteiger partial charge in [-0.1, -0.05) is 43.8 Å². The van der Waals surface area contributed by atoms with Crippen molar-refractivity contribution < 1.29 is 9.18 Å². The fourth-order valence-corrected chi connectivity index (χ4v) is 5.00. The molecule has 0 bridgehead atoms. The molecule has 6 nitrogen and oxygen atoms in total. The Hall–Kier alpha value is -3.00. The molecule has 1 aliphatic heterocycles. The first kappa shape index (κ1) is 19.9. The lowest BCUT2D eigenvalue weighted by Gasteiger charge is -2.38. The van der Waals surface area contributed by atoms with Crippen LogP contribution in [0.5, 0.6) is 0 Å². The van der Waals surface area contributed by atoms with Crippen LogP contribution in [0.25, 0.3) is 0 Å². The van der Waals surface area contributed by atoms with Crippen molar-refractivity contribution in [3.63, 3.8) is 0 Å². The van der Waals surface area contributed by atoms with Crippen LogP contribution in [-0.2, 0) is 10.5 Å². The van der Waals surface area contributed by atoms with Crippen LogP contribution in [0.4, 0.5) is 10.3 Å². The van der Waals surface area contributed by atoms with Gasteiger partial charge in [0.05, 0.1) is 0 Å². The lowest BCUT2D eigenvalue weighted by molar-refractivity contribution is -0.118. The Morgan fingerprint density at radius 2 is 2.03 bits per heavy atom. The average Bonchev–Trinajstić information content (AvgIpc) is 3.14. The molecular formula is C23H22FN5OS. The molecule has 5 rings (SSSR count). The Labute approximate surface area is 184 Å². The van der Waals surface area contributed by atoms with E-state index < -0.39 is 6.04 Å². The average molecular weight is 436 g/mol. The van der Waals surface area contributed by atoms with Crippen molar-refractivity contribution in [2.45, 2.75) is 43.6 Å². The molecule has 0 fully saturated rings. The molecule has 3 aromatic rings. The lowest BCUT2D eigenvalue weighted by Crippen LogP contribution is -2.36. The topological polar surface area (TPSA) is 72.7 Å². The Morgan fingerprint density at radius 3 is 2.77 bits per heavy atom. The Kier molecular flexibility index (Phi) is 4.89. The van der Waals surface area contributed by atoms with Crippen LogP contribution in [0.15, 0.2) is 65.2 Å². The van der Waals surface area contributed by atoms with Crippen molar-refractivity contribution in [3.05, 3.63) is 77.0 Å². The van der Waals surface area contributed by atoms with Gasteiger partial charge >= 0.3 is 0 Å². The van der Waals surface area contributed by atoms with E-state index in [2.05, 4.69) is 29.1 Å². The minimum atomic E-state index is -0.421. The highest BCUT2D eigenvalue weighted by molar-refractivity contribution is 7.98. The molecule has 0 amide bonds. The third-order valence-corrected chi connectivity index (χ3v) is 6.50. The first-order chi connectivity index (χ1) is 14.9. The number of aromatic nitrogens is 4. The maximum absolute atomic E-state index is 13.6. The molecule has 3 heterocycles. The number of benzene rings is 1. The number of ketones is 1. The summed E-state index contributed by atoms with van der Waals surface area (Å²) >= 11 is 1.51. The SMILES string of the molecule is CC1(C)CC(=O)C2=C(C1)Nc1nc(SCc3cccnc3)nn1[C@@H]2c1ccc(F)cc1. The number of nitrogens with zero attached hydrogens (tertiary/aromatic N) is 4. The van der Waals surface area contributed by atoms with Crippen LogP contribution in [0.1, 0.15) is 43.9 Å². The van der Waals surface area contributed by atoms with Gasteiger partial charge in [-0.25, -0.2) is 9.07 Å². The van der Waals surface area contributed by atoms with Gasteiger partial charge in [0.15, 0.2) is 5.78 Å². The number of fused-ring (bicyclic) bond motifs is 1. The highest BCUT2D eigenvalue weighted by Crippen LogP contribution is 2.45. The van der Waals surface area contributed by atoms with Crippen LogP contribution >= 0.6 is 11.8 Å².